The van der Waals surface area contributed by atoms with E-state index in [0.717, 1.165) is 12.8 Å². The van der Waals surface area contributed by atoms with Crippen molar-refractivity contribution in [3.8, 4) is 0 Å². The average Bonchev–Trinajstić information content (AvgIpc) is 2.26. The molecule has 0 unspecified atom stereocenters. The van der Waals surface area contributed by atoms with Gasteiger partial charge in [0.1, 0.15) is 0 Å². The molecule has 0 spiro atoms. The van der Waals surface area contributed by atoms with Crippen LogP contribution >= 0.6 is 0 Å². The van der Waals surface area contributed by atoms with Gasteiger partial charge in [0.15, 0.2) is 0 Å². The SMILES string of the molecule is CCOC(=O)CC(C(C)(C)CC)C(C)(C)CC. The van der Waals surface area contributed by atoms with Crippen LogP contribution in [-0.4, -0.2) is 12.6 Å². The van der Waals surface area contributed by atoms with Gasteiger partial charge >= 0.3 is 5.97 Å². The number of carbonyl (C=O) groups is 1. The molecule has 0 aromatic carbocycles. The van der Waals surface area contributed by atoms with Crippen molar-refractivity contribution in [1.29, 1.82) is 0 Å². The van der Waals surface area contributed by atoms with Crippen LogP contribution in [0.15, 0.2) is 0 Å². The molecule has 0 rings (SSSR count). The normalized spacial score (nSPS) is 12.9. The van der Waals surface area contributed by atoms with Crippen LogP contribution in [0.3, 0.4) is 0 Å². The molecule has 0 aliphatic rings. The summed E-state index contributed by atoms with van der Waals surface area (Å²) < 4.78 is 5.11. The first-order valence-electron chi connectivity index (χ1n) is 6.86. The van der Waals surface area contributed by atoms with E-state index >= 15 is 0 Å². The van der Waals surface area contributed by atoms with Gasteiger partial charge < -0.3 is 4.74 Å². The number of hydrogen-bond acceptors (Lipinski definition) is 2. The second kappa shape index (κ2) is 6.42. The Morgan fingerprint density at radius 2 is 1.41 bits per heavy atom. The molecule has 17 heavy (non-hydrogen) atoms. The number of esters is 1. The van der Waals surface area contributed by atoms with E-state index in [-0.39, 0.29) is 16.8 Å². The highest BCUT2D eigenvalue weighted by Gasteiger charge is 2.40. The van der Waals surface area contributed by atoms with Crippen LogP contribution in [-0.2, 0) is 9.53 Å². The Labute approximate surface area is 107 Å². The third-order valence-corrected chi connectivity index (χ3v) is 4.39. The van der Waals surface area contributed by atoms with Gasteiger partial charge in [0, 0.05) is 6.42 Å². The molecule has 102 valence electrons. The van der Waals surface area contributed by atoms with Crippen molar-refractivity contribution in [3.63, 3.8) is 0 Å². The molecule has 0 N–H and O–H groups in total. The topological polar surface area (TPSA) is 26.3 Å². The molecule has 0 amide bonds. The molecule has 0 aliphatic carbocycles. The quantitative estimate of drug-likeness (QED) is 0.617. The average molecular weight is 242 g/mol. The van der Waals surface area contributed by atoms with Crippen LogP contribution in [0, 0.1) is 16.7 Å². The molecule has 0 aromatic heterocycles. The van der Waals surface area contributed by atoms with Gasteiger partial charge in [-0.25, -0.2) is 0 Å². The lowest BCUT2D eigenvalue weighted by Gasteiger charge is -2.43. The molecule has 0 heterocycles. The minimum Gasteiger partial charge on any atom is -0.466 e. The lowest BCUT2D eigenvalue weighted by molar-refractivity contribution is -0.147. The highest BCUT2D eigenvalue weighted by atomic mass is 16.5. The molecule has 0 saturated carbocycles. The molecule has 2 heteroatoms. The van der Waals surface area contributed by atoms with Crippen molar-refractivity contribution in [3.05, 3.63) is 0 Å². The first-order chi connectivity index (χ1) is 7.71. The van der Waals surface area contributed by atoms with Crippen LogP contribution in [0.4, 0.5) is 0 Å². The molecular weight excluding hydrogens is 212 g/mol. The zero-order valence-electron chi connectivity index (χ0n) is 12.7. The summed E-state index contributed by atoms with van der Waals surface area (Å²) in [4.78, 5) is 11.8. The molecule has 0 aromatic rings. The molecule has 0 radical (unpaired) electrons. The monoisotopic (exact) mass is 242 g/mol. The zero-order chi connectivity index (χ0) is 13.7. The second-order valence-electron chi connectivity index (χ2n) is 6.25. The largest absolute Gasteiger partial charge is 0.466 e. The fourth-order valence-electron chi connectivity index (χ4n) is 2.49. The number of carbonyl (C=O) groups excluding carboxylic acids is 1. The highest BCUT2D eigenvalue weighted by molar-refractivity contribution is 5.69. The Morgan fingerprint density at radius 3 is 1.71 bits per heavy atom. The summed E-state index contributed by atoms with van der Waals surface area (Å²) in [6, 6.07) is 0. The van der Waals surface area contributed by atoms with Gasteiger partial charge in [-0.1, -0.05) is 54.4 Å². The minimum absolute atomic E-state index is 0.0550. The fraction of sp³-hybridized carbons (Fsp3) is 0.933. The maximum atomic E-state index is 11.8. The number of hydrogen-bond donors (Lipinski definition) is 0. The molecular formula is C15H30O2. The smallest absolute Gasteiger partial charge is 0.306 e. The summed E-state index contributed by atoms with van der Waals surface area (Å²) in [5.41, 5.74) is 0.346. The van der Waals surface area contributed by atoms with Crippen molar-refractivity contribution in [1.82, 2.24) is 0 Å². The minimum atomic E-state index is -0.0550. The highest BCUT2D eigenvalue weighted by Crippen LogP contribution is 2.46. The van der Waals surface area contributed by atoms with Gasteiger partial charge in [-0.2, -0.15) is 0 Å². The van der Waals surface area contributed by atoms with E-state index in [1.54, 1.807) is 0 Å². The summed E-state index contributed by atoms with van der Waals surface area (Å²) in [7, 11) is 0. The van der Waals surface area contributed by atoms with Crippen molar-refractivity contribution < 1.29 is 9.53 Å². The zero-order valence-corrected chi connectivity index (χ0v) is 12.7. The van der Waals surface area contributed by atoms with Crippen molar-refractivity contribution in [2.45, 2.75) is 67.7 Å². The van der Waals surface area contributed by atoms with Crippen LogP contribution in [0.5, 0.6) is 0 Å². The van der Waals surface area contributed by atoms with Crippen LogP contribution < -0.4 is 0 Å². The first-order valence-corrected chi connectivity index (χ1v) is 6.86. The van der Waals surface area contributed by atoms with E-state index in [4.69, 9.17) is 4.74 Å². The second-order valence-corrected chi connectivity index (χ2v) is 6.25. The van der Waals surface area contributed by atoms with Crippen LogP contribution in [0.25, 0.3) is 0 Å². The summed E-state index contributed by atoms with van der Waals surface area (Å²) in [6.07, 6.45) is 2.70. The third-order valence-electron chi connectivity index (χ3n) is 4.39. The molecule has 0 bridgehead atoms. The number of rotatable bonds is 7. The lowest BCUT2D eigenvalue weighted by atomic mass is 9.61. The number of ether oxygens (including phenoxy) is 1. The molecule has 0 saturated heterocycles. The standard InChI is InChI=1S/C15H30O2/c1-8-14(4,5)12(15(6,7)9-2)11-13(16)17-10-3/h12H,8-11H2,1-7H3. The van der Waals surface area contributed by atoms with Gasteiger partial charge in [-0.3, -0.25) is 4.79 Å². The van der Waals surface area contributed by atoms with E-state index in [0.29, 0.717) is 18.9 Å². The van der Waals surface area contributed by atoms with Gasteiger partial charge in [0.05, 0.1) is 6.61 Å². The van der Waals surface area contributed by atoms with Crippen LogP contribution in [0.2, 0.25) is 0 Å². The Kier molecular flexibility index (Phi) is 6.22. The Balaban J connectivity index is 4.94. The molecule has 0 atom stereocenters. The summed E-state index contributed by atoms with van der Waals surface area (Å²) >= 11 is 0. The molecule has 2 nitrogen and oxygen atoms in total. The van der Waals surface area contributed by atoms with Gasteiger partial charge in [0.2, 0.25) is 0 Å². The predicted octanol–water partition coefficient (Wildman–Crippen LogP) is 4.43. The van der Waals surface area contributed by atoms with E-state index in [2.05, 4.69) is 41.5 Å². The summed E-state index contributed by atoms with van der Waals surface area (Å²) in [6.45, 7) is 15.8. The van der Waals surface area contributed by atoms with Gasteiger partial charge in [-0.15, -0.1) is 0 Å². The third kappa shape index (κ3) is 4.69. The predicted molar refractivity (Wildman–Crippen MR) is 72.9 cm³/mol. The molecule has 0 fully saturated rings. The lowest BCUT2D eigenvalue weighted by Crippen LogP contribution is -2.37. The van der Waals surface area contributed by atoms with Gasteiger partial charge in [-0.05, 0) is 23.7 Å². The van der Waals surface area contributed by atoms with Crippen molar-refractivity contribution >= 4 is 5.97 Å². The fourth-order valence-corrected chi connectivity index (χ4v) is 2.49. The maximum Gasteiger partial charge on any atom is 0.306 e. The van der Waals surface area contributed by atoms with E-state index in [1.807, 2.05) is 6.92 Å². The van der Waals surface area contributed by atoms with E-state index in [9.17, 15) is 4.79 Å². The van der Waals surface area contributed by atoms with Crippen molar-refractivity contribution in [2.24, 2.45) is 16.7 Å². The summed E-state index contributed by atoms with van der Waals surface area (Å²) in [5, 5.41) is 0. The Bertz CT molecular complexity index is 225. The van der Waals surface area contributed by atoms with Gasteiger partial charge in [0.25, 0.3) is 0 Å². The maximum absolute atomic E-state index is 11.8. The summed E-state index contributed by atoms with van der Waals surface area (Å²) in [5.74, 6) is 0.310. The van der Waals surface area contributed by atoms with Crippen LogP contribution in [0.1, 0.15) is 67.7 Å². The van der Waals surface area contributed by atoms with Crippen molar-refractivity contribution in [2.75, 3.05) is 6.61 Å². The first kappa shape index (κ1) is 16.5. The molecule has 0 aliphatic heterocycles. The van der Waals surface area contributed by atoms with E-state index < -0.39 is 0 Å². The van der Waals surface area contributed by atoms with E-state index in [1.165, 1.54) is 0 Å². The Morgan fingerprint density at radius 1 is 1.00 bits per heavy atom. The Hall–Kier alpha value is -0.530.